The Balaban J connectivity index is 3.66. The minimum Gasteiger partial charge on any atom is -0.303 e. The molecule has 0 rings (SSSR count). The van der Waals surface area contributed by atoms with Gasteiger partial charge in [-0.15, -0.1) is 0 Å². The molecule has 0 aliphatic heterocycles. The average molecular weight is 166 g/mol. The maximum Gasteiger partial charge on any atom is 0.264 e. The molecule has 1 N–H and O–H groups in total. The number of carbonyl (C=O) groups excluding carboxylic acids is 1. The number of hydrogen-bond acceptors (Lipinski definition) is 3. The van der Waals surface area contributed by atoms with Gasteiger partial charge in [-0.2, -0.15) is 8.42 Å². The van der Waals surface area contributed by atoms with Crippen LogP contribution in [0, 0.1) is 5.92 Å². The first-order valence-electron chi connectivity index (χ1n) is 2.86. The summed E-state index contributed by atoms with van der Waals surface area (Å²) in [5.41, 5.74) is 0. The van der Waals surface area contributed by atoms with Crippen molar-refractivity contribution in [2.75, 3.05) is 5.75 Å². The van der Waals surface area contributed by atoms with Crippen molar-refractivity contribution in [3.63, 3.8) is 0 Å². The lowest BCUT2D eigenvalue weighted by molar-refractivity contribution is -0.110. The van der Waals surface area contributed by atoms with Gasteiger partial charge in [-0.05, 0) is 6.42 Å². The standard InChI is InChI=1S/C5H10O4S/c1-5(4-6)2-3-10(7,8)9/h4-5H,2-3H2,1H3,(H,7,8,9). The van der Waals surface area contributed by atoms with Gasteiger partial charge in [0.1, 0.15) is 6.29 Å². The third kappa shape index (κ3) is 5.71. The Morgan fingerprint density at radius 2 is 2.10 bits per heavy atom. The van der Waals surface area contributed by atoms with Crippen LogP contribution in [0.5, 0.6) is 0 Å². The van der Waals surface area contributed by atoms with Crippen molar-refractivity contribution in [2.45, 2.75) is 13.3 Å². The van der Waals surface area contributed by atoms with Crippen molar-refractivity contribution >= 4 is 16.4 Å². The fourth-order valence-electron chi connectivity index (χ4n) is 0.403. The van der Waals surface area contributed by atoms with Gasteiger partial charge in [-0.25, -0.2) is 0 Å². The first-order valence-corrected chi connectivity index (χ1v) is 4.47. The van der Waals surface area contributed by atoms with E-state index in [4.69, 9.17) is 4.55 Å². The molecule has 10 heavy (non-hydrogen) atoms. The fourth-order valence-corrected chi connectivity index (χ4v) is 1.07. The van der Waals surface area contributed by atoms with Gasteiger partial charge < -0.3 is 4.79 Å². The molecule has 4 nitrogen and oxygen atoms in total. The Bertz CT molecular complexity index is 194. The molecular formula is C5H10O4S. The van der Waals surface area contributed by atoms with Crippen molar-refractivity contribution in [1.82, 2.24) is 0 Å². The van der Waals surface area contributed by atoms with Crippen molar-refractivity contribution in [3.8, 4) is 0 Å². The quantitative estimate of drug-likeness (QED) is 0.475. The van der Waals surface area contributed by atoms with Gasteiger partial charge in [0.2, 0.25) is 0 Å². The zero-order valence-electron chi connectivity index (χ0n) is 5.65. The second-order valence-electron chi connectivity index (χ2n) is 2.19. The predicted molar refractivity (Wildman–Crippen MR) is 36.3 cm³/mol. The molecule has 0 aromatic heterocycles. The van der Waals surface area contributed by atoms with Crippen LogP contribution >= 0.6 is 0 Å². The van der Waals surface area contributed by atoms with Crippen LogP contribution in [0.15, 0.2) is 0 Å². The van der Waals surface area contributed by atoms with E-state index in [1.165, 1.54) is 0 Å². The van der Waals surface area contributed by atoms with Crippen molar-refractivity contribution in [3.05, 3.63) is 0 Å². The monoisotopic (exact) mass is 166 g/mol. The molecular weight excluding hydrogens is 156 g/mol. The highest BCUT2D eigenvalue weighted by atomic mass is 32.2. The summed E-state index contributed by atoms with van der Waals surface area (Å²) in [5, 5.41) is 0. The number of rotatable bonds is 4. The Labute approximate surface area is 60.0 Å². The molecule has 0 amide bonds. The van der Waals surface area contributed by atoms with Crippen molar-refractivity contribution < 1.29 is 17.8 Å². The first-order chi connectivity index (χ1) is 4.45. The molecule has 0 bridgehead atoms. The molecule has 0 saturated carbocycles. The summed E-state index contributed by atoms with van der Waals surface area (Å²) in [6, 6.07) is 0. The van der Waals surface area contributed by atoms with Crippen LogP contribution in [0.3, 0.4) is 0 Å². The Morgan fingerprint density at radius 1 is 1.60 bits per heavy atom. The van der Waals surface area contributed by atoms with E-state index in [-0.39, 0.29) is 18.1 Å². The smallest absolute Gasteiger partial charge is 0.264 e. The van der Waals surface area contributed by atoms with E-state index in [0.29, 0.717) is 6.29 Å². The van der Waals surface area contributed by atoms with E-state index >= 15 is 0 Å². The van der Waals surface area contributed by atoms with Crippen LogP contribution in [-0.2, 0) is 14.9 Å². The minimum absolute atomic E-state index is 0.183. The van der Waals surface area contributed by atoms with Crippen LogP contribution in [0.4, 0.5) is 0 Å². The maximum absolute atomic E-state index is 10.1. The first kappa shape index (κ1) is 9.58. The molecule has 0 radical (unpaired) electrons. The van der Waals surface area contributed by atoms with Gasteiger partial charge in [0.25, 0.3) is 10.1 Å². The predicted octanol–water partition coefficient (Wildman–Crippen LogP) is 0.0993. The summed E-state index contributed by atoms with van der Waals surface area (Å²) in [6.45, 7) is 1.60. The second-order valence-corrected chi connectivity index (χ2v) is 3.76. The zero-order chi connectivity index (χ0) is 8.20. The Kier molecular flexibility index (Phi) is 3.52. The SMILES string of the molecule is CC(C=O)CCS(=O)(=O)O. The number of aldehydes is 1. The molecule has 0 heterocycles. The normalized spacial score (nSPS) is 14.6. The average Bonchev–Trinajstić information content (AvgIpc) is 1.81. The summed E-state index contributed by atoms with van der Waals surface area (Å²) in [5.74, 6) is -0.644. The molecule has 0 aliphatic carbocycles. The highest BCUT2D eigenvalue weighted by Crippen LogP contribution is 1.99. The van der Waals surface area contributed by atoms with Gasteiger partial charge in [-0.3, -0.25) is 4.55 Å². The van der Waals surface area contributed by atoms with Crippen LogP contribution in [-0.4, -0.2) is 25.0 Å². The summed E-state index contributed by atoms with van der Waals surface area (Å²) < 4.78 is 28.4. The molecule has 0 aromatic rings. The molecule has 0 aromatic carbocycles. The van der Waals surface area contributed by atoms with Crippen molar-refractivity contribution in [1.29, 1.82) is 0 Å². The molecule has 0 aliphatic rings. The maximum atomic E-state index is 10.1. The van der Waals surface area contributed by atoms with Gasteiger partial charge in [0.05, 0.1) is 5.75 Å². The van der Waals surface area contributed by atoms with Gasteiger partial charge in [-0.1, -0.05) is 6.92 Å². The summed E-state index contributed by atoms with van der Waals surface area (Å²) >= 11 is 0. The number of carbonyl (C=O) groups is 1. The van der Waals surface area contributed by atoms with E-state index < -0.39 is 10.1 Å². The van der Waals surface area contributed by atoms with Crippen LogP contribution < -0.4 is 0 Å². The topological polar surface area (TPSA) is 71.4 Å². The zero-order valence-corrected chi connectivity index (χ0v) is 6.47. The third-order valence-corrected chi connectivity index (χ3v) is 1.82. The highest BCUT2D eigenvalue weighted by molar-refractivity contribution is 7.85. The van der Waals surface area contributed by atoms with Gasteiger partial charge >= 0.3 is 0 Å². The molecule has 1 atom stereocenters. The van der Waals surface area contributed by atoms with E-state index in [1.807, 2.05) is 0 Å². The fraction of sp³-hybridized carbons (Fsp3) is 0.800. The highest BCUT2D eigenvalue weighted by Gasteiger charge is 2.07. The Hall–Kier alpha value is -0.420. The minimum atomic E-state index is -3.89. The largest absolute Gasteiger partial charge is 0.303 e. The number of hydrogen-bond donors (Lipinski definition) is 1. The van der Waals surface area contributed by atoms with E-state index in [9.17, 15) is 13.2 Å². The molecule has 0 fully saturated rings. The van der Waals surface area contributed by atoms with Crippen molar-refractivity contribution in [2.24, 2.45) is 5.92 Å². The molecule has 1 unspecified atom stereocenters. The Morgan fingerprint density at radius 3 is 2.40 bits per heavy atom. The molecule has 5 heteroatoms. The molecule has 0 spiro atoms. The summed E-state index contributed by atoms with van der Waals surface area (Å²) in [7, 11) is -3.89. The third-order valence-electron chi connectivity index (χ3n) is 1.06. The molecule has 60 valence electrons. The summed E-state index contributed by atoms with van der Waals surface area (Å²) in [6.07, 6.45) is 0.841. The van der Waals surface area contributed by atoms with Gasteiger partial charge in [0, 0.05) is 5.92 Å². The lowest BCUT2D eigenvalue weighted by Crippen LogP contribution is -2.08. The van der Waals surface area contributed by atoms with Crippen LogP contribution in [0.2, 0.25) is 0 Å². The van der Waals surface area contributed by atoms with Crippen LogP contribution in [0.1, 0.15) is 13.3 Å². The summed E-state index contributed by atoms with van der Waals surface area (Å²) in [4.78, 5) is 9.95. The van der Waals surface area contributed by atoms with E-state index in [1.54, 1.807) is 6.92 Å². The van der Waals surface area contributed by atoms with Crippen LogP contribution in [0.25, 0.3) is 0 Å². The van der Waals surface area contributed by atoms with E-state index in [2.05, 4.69) is 0 Å². The second kappa shape index (κ2) is 3.68. The van der Waals surface area contributed by atoms with E-state index in [0.717, 1.165) is 0 Å². The molecule has 0 saturated heterocycles. The van der Waals surface area contributed by atoms with Gasteiger partial charge in [0.15, 0.2) is 0 Å². The lowest BCUT2D eigenvalue weighted by Gasteiger charge is -1.98. The lowest BCUT2D eigenvalue weighted by atomic mass is 10.1.